The van der Waals surface area contributed by atoms with Crippen molar-refractivity contribution in [3.8, 4) is 0 Å². The number of hydrogen-bond acceptors (Lipinski definition) is 1. The molecule has 0 saturated carbocycles. The Balaban J connectivity index is 2.31. The minimum Gasteiger partial charge on any atom is -0.310 e. The van der Waals surface area contributed by atoms with Crippen LogP contribution in [-0.2, 0) is 0 Å². The number of rotatable bonds is 7. The highest BCUT2D eigenvalue weighted by Gasteiger charge is 2.16. The van der Waals surface area contributed by atoms with Crippen LogP contribution in [-0.4, -0.2) is 6.54 Å². The third-order valence-corrected chi connectivity index (χ3v) is 4.07. The van der Waals surface area contributed by atoms with Crippen molar-refractivity contribution in [1.82, 2.24) is 5.32 Å². The van der Waals surface area contributed by atoms with E-state index in [1.54, 1.807) is 0 Å². The van der Waals surface area contributed by atoms with Gasteiger partial charge >= 0.3 is 0 Å². The van der Waals surface area contributed by atoms with Crippen LogP contribution in [0.15, 0.2) is 42.5 Å². The van der Waals surface area contributed by atoms with E-state index in [1.807, 2.05) is 0 Å². The summed E-state index contributed by atoms with van der Waals surface area (Å²) < 4.78 is 0. The fraction of sp³-hybridized carbons (Fsp3) is 0.474. The van der Waals surface area contributed by atoms with Crippen molar-refractivity contribution in [3.05, 3.63) is 48.0 Å². The predicted octanol–water partition coefficient (Wildman–Crippen LogP) is 5.32. The Hall–Kier alpha value is -1.34. The molecule has 1 nitrogen and oxygen atoms in total. The van der Waals surface area contributed by atoms with Gasteiger partial charge in [-0.2, -0.15) is 0 Å². The Labute approximate surface area is 123 Å². The van der Waals surface area contributed by atoms with Gasteiger partial charge in [0.1, 0.15) is 0 Å². The molecule has 0 saturated heterocycles. The number of benzene rings is 2. The summed E-state index contributed by atoms with van der Waals surface area (Å²) >= 11 is 0. The molecule has 0 spiro atoms. The van der Waals surface area contributed by atoms with Gasteiger partial charge in [-0.05, 0) is 35.2 Å². The predicted molar refractivity (Wildman–Crippen MR) is 89.1 cm³/mol. The minimum absolute atomic E-state index is 0.465. The first-order valence-electron chi connectivity index (χ1n) is 7.97. The molecule has 0 bridgehead atoms. The van der Waals surface area contributed by atoms with Crippen molar-refractivity contribution in [3.63, 3.8) is 0 Å². The average Bonchev–Trinajstić information content (AvgIpc) is 2.46. The molecule has 0 heterocycles. The van der Waals surface area contributed by atoms with E-state index in [2.05, 4.69) is 68.6 Å². The molecule has 2 unspecified atom stereocenters. The SMILES string of the molecule is CCCC(C)CC(NCC)c1cccc2ccccc12. The molecule has 20 heavy (non-hydrogen) atoms. The monoisotopic (exact) mass is 269 g/mol. The topological polar surface area (TPSA) is 12.0 Å². The van der Waals surface area contributed by atoms with Gasteiger partial charge < -0.3 is 5.32 Å². The molecule has 0 aliphatic carbocycles. The molecule has 1 heteroatoms. The molecule has 0 fully saturated rings. The maximum atomic E-state index is 3.68. The highest BCUT2D eigenvalue weighted by Crippen LogP contribution is 2.29. The molecule has 2 aromatic carbocycles. The van der Waals surface area contributed by atoms with Gasteiger partial charge in [0.2, 0.25) is 0 Å². The zero-order chi connectivity index (χ0) is 14.4. The summed E-state index contributed by atoms with van der Waals surface area (Å²) in [5, 5.41) is 6.42. The lowest BCUT2D eigenvalue weighted by atomic mass is 9.90. The summed E-state index contributed by atoms with van der Waals surface area (Å²) in [6.45, 7) is 7.87. The highest BCUT2D eigenvalue weighted by atomic mass is 14.9. The molecule has 1 N–H and O–H groups in total. The van der Waals surface area contributed by atoms with Crippen LogP contribution in [0.3, 0.4) is 0 Å². The summed E-state index contributed by atoms with van der Waals surface area (Å²) in [6.07, 6.45) is 3.80. The van der Waals surface area contributed by atoms with Gasteiger partial charge in [0, 0.05) is 6.04 Å². The van der Waals surface area contributed by atoms with Crippen molar-refractivity contribution in [1.29, 1.82) is 0 Å². The number of nitrogens with one attached hydrogen (secondary N) is 1. The van der Waals surface area contributed by atoms with Gasteiger partial charge in [-0.1, -0.05) is 76.1 Å². The van der Waals surface area contributed by atoms with Crippen LogP contribution in [0.5, 0.6) is 0 Å². The Morgan fingerprint density at radius 2 is 1.75 bits per heavy atom. The molecule has 2 aromatic rings. The summed E-state index contributed by atoms with van der Waals surface area (Å²) in [5.74, 6) is 0.767. The Morgan fingerprint density at radius 3 is 2.50 bits per heavy atom. The van der Waals surface area contributed by atoms with Crippen LogP contribution >= 0.6 is 0 Å². The molecular formula is C19H27N. The van der Waals surface area contributed by atoms with Gasteiger partial charge in [-0.15, -0.1) is 0 Å². The van der Waals surface area contributed by atoms with E-state index < -0.39 is 0 Å². The second kappa shape index (κ2) is 7.44. The van der Waals surface area contributed by atoms with Crippen LogP contribution in [0.2, 0.25) is 0 Å². The zero-order valence-corrected chi connectivity index (χ0v) is 13.0. The third-order valence-electron chi connectivity index (χ3n) is 4.07. The third kappa shape index (κ3) is 3.61. The van der Waals surface area contributed by atoms with E-state index in [9.17, 15) is 0 Å². The Kier molecular flexibility index (Phi) is 5.60. The van der Waals surface area contributed by atoms with E-state index in [0.29, 0.717) is 6.04 Å². The number of fused-ring (bicyclic) bond motifs is 1. The molecular weight excluding hydrogens is 242 g/mol. The first-order valence-corrected chi connectivity index (χ1v) is 7.97. The smallest absolute Gasteiger partial charge is 0.0328 e. The van der Waals surface area contributed by atoms with Crippen LogP contribution in [0.4, 0.5) is 0 Å². The summed E-state index contributed by atoms with van der Waals surface area (Å²) in [6, 6.07) is 15.9. The standard InChI is InChI=1S/C19H27N/c1-4-9-15(3)14-19(20-5-2)18-13-8-11-16-10-6-7-12-17(16)18/h6-8,10-13,15,19-20H,4-5,9,14H2,1-3H3. The van der Waals surface area contributed by atoms with Gasteiger partial charge in [-0.25, -0.2) is 0 Å². The zero-order valence-electron chi connectivity index (χ0n) is 13.0. The lowest BCUT2D eigenvalue weighted by Crippen LogP contribution is -2.23. The Bertz CT molecular complexity index is 527. The molecule has 108 valence electrons. The lowest BCUT2D eigenvalue weighted by Gasteiger charge is -2.23. The van der Waals surface area contributed by atoms with Crippen LogP contribution < -0.4 is 5.32 Å². The van der Waals surface area contributed by atoms with E-state index in [-0.39, 0.29) is 0 Å². The van der Waals surface area contributed by atoms with E-state index in [1.165, 1.54) is 35.6 Å². The first-order chi connectivity index (χ1) is 9.76. The highest BCUT2D eigenvalue weighted by molar-refractivity contribution is 5.86. The van der Waals surface area contributed by atoms with Gasteiger partial charge in [-0.3, -0.25) is 0 Å². The molecule has 0 aromatic heterocycles. The second-order valence-electron chi connectivity index (χ2n) is 5.81. The quantitative estimate of drug-likeness (QED) is 0.717. The van der Waals surface area contributed by atoms with E-state index in [4.69, 9.17) is 0 Å². The van der Waals surface area contributed by atoms with E-state index in [0.717, 1.165) is 12.5 Å². The van der Waals surface area contributed by atoms with Crippen molar-refractivity contribution >= 4 is 10.8 Å². The summed E-state index contributed by atoms with van der Waals surface area (Å²) in [5.41, 5.74) is 1.45. The van der Waals surface area contributed by atoms with Crippen molar-refractivity contribution in [2.24, 2.45) is 5.92 Å². The molecule has 0 amide bonds. The van der Waals surface area contributed by atoms with Crippen molar-refractivity contribution in [2.75, 3.05) is 6.54 Å². The Morgan fingerprint density at radius 1 is 1.00 bits per heavy atom. The largest absolute Gasteiger partial charge is 0.310 e. The summed E-state index contributed by atoms with van der Waals surface area (Å²) in [7, 11) is 0. The maximum absolute atomic E-state index is 3.68. The molecule has 2 atom stereocenters. The molecule has 0 aliphatic heterocycles. The molecule has 0 radical (unpaired) electrons. The number of hydrogen-bond donors (Lipinski definition) is 1. The fourth-order valence-corrected chi connectivity index (χ4v) is 3.13. The summed E-state index contributed by atoms with van der Waals surface area (Å²) in [4.78, 5) is 0. The van der Waals surface area contributed by atoms with Crippen molar-refractivity contribution in [2.45, 2.75) is 46.1 Å². The second-order valence-corrected chi connectivity index (χ2v) is 5.81. The first kappa shape index (κ1) is 15.1. The minimum atomic E-state index is 0.465. The van der Waals surface area contributed by atoms with E-state index >= 15 is 0 Å². The average molecular weight is 269 g/mol. The van der Waals surface area contributed by atoms with Crippen molar-refractivity contribution < 1.29 is 0 Å². The lowest BCUT2D eigenvalue weighted by molar-refractivity contribution is 0.397. The normalized spacial score (nSPS) is 14.3. The van der Waals surface area contributed by atoms with Crippen LogP contribution in [0.25, 0.3) is 10.8 Å². The van der Waals surface area contributed by atoms with Crippen LogP contribution in [0, 0.1) is 5.92 Å². The molecule has 0 aliphatic rings. The van der Waals surface area contributed by atoms with Gasteiger partial charge in [0.05, 0.1) is 0 Å². The van der Waals surface area contributed by atoms with Crippen LogP contribution in [0.1, 0.15) is 51.6 Å². The maximum Gasteiger partial charge on any atom is 0.0328 e. The van der Waals surface area contributed by atoms with Gasteiger partial charge in [0.25, 0.3) is 0 Å². The van der Waals surface area contributed by atoms with Gasteiger partial charge in [0.15, 0.2) is 0 Å². The fourth-order valence-electron chi connectivity index (χ4n) is 3.13. The molecule has 2 rings (SSSR count).